The highest BCUT2D eigenvalue weighted by molar-refractivity contribution is 7.90. The quantitative estimate of drug-likeness (QED) is 0.863. The number of benzene rings is 1. The Kier molecular flexibility index (Phi) is 4.53. The molecule has 7 heteroatoms. The van der Waals surface area contributed by atoms with Crippen molar-refractivity contribution in [3.8, 4) is 0 Å². The van der Waals surface area contributed by atoms with E-state index in [1.54, 1.807) is 24.3 Å². The number of carbonyl (C=O) groups is 1. The van der Waals surface area contributed by atoms with Crippen LogP contribution in [-0.2, 0) is 21.4 Å². The molecule has 0 aliphatic carbocycles. The minimum absolute atomic E-state index is 0.201. The zero-order valence-electron chi connectivity index (χ0n) is 12.2. The van der Waals surface area contributed by atoms with Crippen molar-refractivity contribution in [2.24, 2.45) is 0 Å². The molecule has 1 aromatic rings. The molecule has 1 N–H and O–H groups in total. The van der Waals surface area contributed by atoms with Crippen molar-refractivity contribution in [2.75, 3.05) is 17.9 Å². The third kappa shape index (κ3) is 2.89. The van der Waals surface area contributed by atoms with Crippen molar-refractivity contribution in [2.45, 2.75) is 32.2 Å². The number of anilines is 1. The number of para-hydroxylation sites is 1. The number of nitrogens with zero attached hydrogens (tertiary/aromatic N) is 2. The highest BCUT2D eigenvalue weighted by atomic mass is 32.2. The maximum atomic E-state index is 12.7. The van der Waals surface area contributed by atoms with Gasteiger partial charge in [-0.05, 0) is 18.1 Å². The summed E-state index contributed by atoms with van der Waals surface area (Å²) in [5, 5.41) is 9.35. The molecule has 1 unspecified atom stereocenters. The largest absolute Gasteiger partial charge is 0.480 e. The third-order valence-electron chi connectivity index (χ3n) is 3.68. The van der Waals surface area contributed by atoms with Crippen LogP contribution < -0.4 is 4.31 Å². The van der Waals surface area contributed by atoms with Crippen LogP contribution in [0.3, 0.4) is 0 Å². The van der Waals surface area contributed by atoms with Crippen LogP contribution in [0, 0.1) is 0 Å². The molecule has 1 aliphatic heterocycles. The van der Waals surface area contributed by atoms with Gasteiger partial charge in [0.25, 0.3) is 0 Å². The van der Waals surface area contributed by atoms with Gasteiger partial charge >= 0.3 is 16.2 Å². The number of carboxylic acids is 1. The van der Waals surface area contributed by atoms with Gasteiger partial charge in [-0.1, -0.05) is 31.5 Å². The van der Waals surface area contributed by atoms with Crippen molar-refractivity contribution in [3.05, 3.63) is 29.8 Å². The van der Waals surface area contributed by atoms with Gasteiger partial charge in [0.05, 0.1) is 5.69 Å². The van der Waals surface area contributed by atoms with Crippen LogP contribution in [0.25, 0.3) is 0 Å². The van der Waals surface area contributed by atoms with Gasteiger partial charge < -0.3 is 5.11 Å². The van der Waals surface area contributed by atoms with E-state index in [2.05, 4.69) is 0 Å². The normalized spacial score (nSPS) is 18.0. The van der Waals surface area contributed by atoms with Gasteiger partial charge in [0.15, 0.2) is 0 Å². The maximum absolute atomic E-state index is 12.7. The highest BCUT2D eigenvalue weighted by Crippen LogP contribution is 2.35. The van der Waals surface area contributed by atoms with E-state index < -0.39 is 22.2 Å². The summed E-state index contributed by atoms with van der Waals surface area (Å²) in [5.74, 6) is -1.13. The van der Waals surface area contributed by atoms with Gasteiger partial charge in [0, 0.05) is 20.0 Å². The Bertz CT molecular complexity index is 630. The standard InChI is InChI=1S/C14H20N2O4S/c1-3-4-9-15(2)21(19,20)16-12-8-6-5-7-11(12)10-13(16)14(17)18/h5-8,13H,3-4,9-10H2,1-2H3,(H,17,18). The molecule has 0 radical (unpaired) electrons. The Hall–Kier alpha value is -1.60. The average molecular weight is 312 g/mol. The van der Waals surface area contributed by atoms with Crippen molar-refractivity contribution < 1.29 is 18.3 Å². The van der Waals surface area contributed by atoms with E-state index in [4.69, 9.17) is 0 Å². The summed E-state index contributed by atoms with van der Waals surface area (Å²) in [5.41, 5.74) is 1.21. The van der Waals surface area contributed by atoms with Crippen LogP contribution in [0.5, 0.6) is 0 Å². The van der Waals surface area contributed by atoms with Gasteiger partial charge in [-0.15, -0.1) is 0 Å². The summed E-state index contributed by atoms with van der Waals surface area (Å²) in [6, 6.07) is 5.86. The molecular weight excluding hydrogens is 292 g/mol. The Morgan fingerprint density at radius 3 is 2.71 bits per heavy atom. The first-order chi connectivity index (χ1) is 9.89. The molecule has 1 aliphatic rings. The molecule has 1 aromatic carbocycles. The second-order valence-corrected chi connectivity index (χ2v) is 7.08. The van der Waals surface area contributed by atoms with Gasteiger partial charge in [-0.25, -0.2) is 9.10 Å². The summed E-state index contributed by atoms with van der Waals surface area (Å²) in [7, 11) is -2.34. The maximum Gasteiger partial charge on any atom is 0.327 e. The summed E-state index contributed by atoms with van der Waals surface area (Å²) < 4.78 is 27.7. The number of unbranched alkanes of at least 4 members (excludes halogenated alkanes) is 1. The number of aliphatic carboxylic acids is 1. The van der Waals surface area contributed by atoms with Crippen LogP contribution in [0.4, 0.5) is 5.69 Å². The van der Waals surface area contributed by atoms with Crippen molar-refractivity contribution in [3.63, 3.8) is 0 Å². The first-order valence-electron chi connectivity index (χ1n) is 6.96. The summed E-state index contributed by atoms with van der Waals surface area (Å²) >= 11 is 0. The highest BCUT2D eigenvalue weighted by Gasteiger charge is 2.43. The van der Waals surface area contributed by atoms with Crippen LogP contribution in [0.2, 0.25) is 0 Å². The van der Waals surface area contributed by atoms with Crippen LogP contribution in [-0.4, -0.2) is 43.4 Å². The molecule has 0 saturated heterocycles. The Labute approximate surface area is 125 Å². The third-order valence-corrected chi connectivity index (χ3v) is 5.60. The minimum Gasteiger partial charge on any atom is -0.480 e. The summed E-state index contributed by atoms with van der Waals surface area (Å²) in [4.78, 5) is 11.4. The molecule has 0 saturated carbocycles. The zero-order valence-corrected chi connectivity index (χ0v) is 13.0. The molecule has 0 amide bonds. The molecule has 2 rings (SSSR count). The zero-order chi connectivity index (χ0) is 15.6. The molecule has 116 valence electrons. The predicted octanol–water partition coefficient (Wildman–Crippen LogP) is 1.48. The van der Waals surface area contributed by atoms with Crippen molar-refractivity contribution >= 4 is 21.9 Å². The lowest BCUT2D eigenvalue weighted by Gasteiger charge is -2.29. The van der Waals surface area contributed by atoms with Gasteiger partial charge in [0.1, 0.15) is 6.04 Å². The van der Waals surface area contributed by atoms with E-state index in [0.717, 1.165) is 22.7 Å². The fraction of sp³-hybridized carbons (Fsp3) is 0.500. The minimum atomic E-state index is -3.83. The first-order valence-corrected chi connectivity index (χ1v) is 8.35. The molecule has 0 spiro atoms. The average Bonchev–Trinajstić information content (AvgIpc) is 2.84. The Balaban J connectivity index is 2.40. The van der Waals surface area contributed by atoms with Crippen LogP contribution in [0.1, 0.15) is 25.3 Å². The van der Waals surface area contributed by atoms with E-state index in [0.29, 0.717) is 12.2 Å². The molecule has 1 atom stereocenters. The van der Waals surface area contributed by atoms with Gasteiger partial charge in [-0.2, -0.15) is 12.7 Å². The number of rotatable bonds is 6. The monoisotopic (exact) mass is 312 g/mol. The van der Waals surface area contributed by atoms with Crippen LogP contribution in [0.15, 0.2) is 24.3 Å². The fourth-order valence-corrected chi connectivity index (χ4v) is 4.05. The second-order valence-electron chi connectivity index (χ2n) is 5.17. The van der Waals surface area contributed by atoms with E-state index in [1.165, 1.54) is 11.4 Å². The Morgan fingerprint density at radius 2 is 2.10 bits per heavy atom. The van der Waals surface area contributed by atoms with E-state index >= 15 is 0 Å². The lowest BCUT2D eigenvalue weighted by Crippen LogP contribution is -2.49. The smallest absolute Gasteiger partial charge is 0.327 e. The molecule has 21 heavy (non-hydrogen) atoms. The molecule has 0 aromatic heterocycles. The number of carboxylic acid groups (broad SMARTS) is 1. The second kappa shape index (κ2) is 6.03. The lowest BCUT2D eigenvalue weighted by atomic mass is 10.1. The topological polar surface area (TPSA) is 77.9 Å². The van der Waals surface area contributed by atoms with E-state index in [1.807, 2.05) is 6.92 Å². The molecule has 1 heterocycles. The van der Waals surface area contributed by atoms with Crippen molar-refractivity contribution in [1.82, 2.24) is 4.31 Å². The number of fused-ring (bicyclic) bond motifs is 1. The van der Waals surface area contributed by atoms with Gasteiger partial charge in [-0.3, -0.25) is 0 Å². The van der Waals surface area contributed by atoms with Crippen molar-refractivity contribution in [1.29, 1.82) is 0 Å². The predicted molar refractivity (Wildman–Crippen MR) is 80.5 cm³/mol. The van der Waals surface area contributed by atoms with E-state index in [9.17, 15) is 18.3 Å². The lowest BCUT2D eigenvalue weighted by molar-refractivity contribution is -0.138. The molecular formula is C14H20N2O4S. The van der Waals surface area contributed by atoms with Gasteiger partial charge in [0.2, 0.25) is 0 Å². The number of hydrogen-bond donors (Lipinski definition) is 1. The number of hydrogen-bond acceptors (Lipinski definition) is 3. The summed E-state index contributed by atoms with van der Waals surface area (Å²) in [6.45, 7) is 2.36. The first kappa shape index (κ1) is 15.8. The van der Waals surface area contributed by atoms with Crippen LogP contribution >= 0.6 is 0 Å². The summed E-state index contributed by atoms with van der Waals surface area (Å²) in [6.07, 6.45) is 1.81. The fourth-order valence-electron chi connectivity index (χ4n) is 2.48. The molecule has 6 nitrogen and oxygen atoms in total. The molecule has 0 bridgehead atoms. The SMILES string of the molecule is CCCCN(C)S(=O)(=O)N1c2ccccc2CC1C(=O)O. The van der Waals surface area contributed by atoms with E-state index in [-0.39, 0.29) is 6.42 Å². The Morgan fingerprint density at radius 1 is 1.43 bits per heavy atom. The molecule has 0 fully saturated rings.